The molecule has 1 saturated carbocycles. The van der Waals surface area contributed by atoms with E-state index in [-0.39, 0.29) is 41.6 Å². The first-order valence-electron chi connectivity index (χ1n) is 14.7. The molecule has 1 aliphatic rings. The summed E-state index contributed by atoms with van der Waals surface area (Å²) in [7, 11) is 1.37. The van der Waals surface area contributed by atoms with E-state index in [1.165, 1.54) is 14.0 Å². The Bertz CT molecular complexity index is 1480. The highest BCUT2D eigenvalue weighted by molar-refractivity contribution is 5.73. The summed E-state index contributed by atoms with van der Waals surface area (Å²) in [5, 5.41) is 17.7. The number of alkyl halides is 9. The molecular weight excluding hydrogens is 647 g/mol. The number of carbonyl (C=O) groups excluding carboxylic acids is 1. The van der Waals surface area contributed by atoms with Gasteiger partial charge in [0.2, 0.25) is 5.91 Å². The minimum atomic E-state index is -5.10. The Hall–Kier alpha value is -3.96. The number of tetrazole rings is 1. The van der Waals surface area contributed by atoms with Crippen LogP contribution >= 0.6 is 0 Å². The Kier molecular flexibility index (Phi) is 11.0. The van der Waals surface area contributed by atoms with E-state index < -0.39 is 53.9 Å². The topological polar surface area (TPSA) is 101 Å². The van der Waals surface area contributed by atoms with E-state index in [4.69, 9.17) is 0 Å². The van der Waals surface area contributed by atoms with Gasteiger partial charge in [0.25, 0.3) is 5.95 Å². The van der Waals surface area contributed by atoms with Crippen LogP contribution in [0.15, 0.2) is 30.5 Å². The van der Waals surface area contributed by atoms with Crippen molar-refractivity contribution >= 4 is 11.9 Å². The molecule has 2 aromatic heterocycles. The molecule has 0 aliphatic heterocycles. The minimum Gasteiger partial charge on any atom is -0.354 e. The second-order valence-electron chi connectivity index (χ2n) is 11.5. The zero-order valence-corrected chi connectivity index (χ0v) is 25.4. The van der Waals surface area contributed by atoms with Crippen molar-refractivity contribution in [3.63, 3.8) is 0 Å². The molecule has 9 nitrogen and oxygen atoms in total. The maximum atomic E-state index is 13.7. The second-order valence-corrected chi connectivity index (χ2v) is 11.5. The van der Waals surface area contributed by atoms with E-state index in [1.54, 1.807) is 0 Å². The molecule has 0 spiro atoms. The molecule has 0 bridgehead atoms. The third-order valence-corrected chi connectivity index (χ3v) is 7.78. The number of benzene rings is 1. The lowest BCUT2D eigenvalue weighted by Gasteiger charge is -2.29. The number of anilines is 1. The van der Waals surface area contributed by atoms with Gasteiger partial charge in [-0.15, -0.1) is 5.10 Å². The van der Waals surface area contributed by atoms with Crippen molar-refractivity contribution in [2.75, 3.05) is 18.0 Å². The SMILES string of the molecule is CC(=O)NC1CCC(CNCCc2ncc(C(F)(F)F)cc2CN(Cc2cc(C(F)(F)F)cc(C(F)(F)F)c2)c2nnn(C)n2)CC1. The summed E-state index contributed by atoms with van der Waals surface area (Å²) in [6.07, 6.45) is -10.7. The van der Waals surface area contributed by atoms with Crippen molar-refractivity contribution < 1.29 is 44.3 Å². The maximum Gasteiger partial charge on any atom is 0.417 e. The number of aryl methyl sites for hydroxylation is 1. The first-order chi connectivity index (χ1) is 21.9. The summed E-state index contributed by atoms with van der Waals surface area (Å²) in [5.41, 5.74) is -4.29. The number of nitrogens with one attached hydrogen (secondary N) is 2. The van der Waals surface area contributed by atoms with Crippen molar-refractivity contribution in [1.29, 1.82) is 0 Å². The van der Waals surface area contributed by atoms with E-state index >= 15 is 0 Å². The van der Waals surface area contributed by atoms with Crippen LogP contribution in [0.2, 0.25) is 0 Å². The number of pyridine rings is 1. The predicted molar refractivity (Wildman–Crippen MR) is 151 cm³/mol. The van der Waals surface area contributed by atoms with E-state index in [1.807, 2.05) is 0 Å². The monoisotopic (exact) mass is 680 g/mol. The number of aromatic nitrogens is 5. The number of amides is 1. The summed E-state index contributed by atoms with van der Waals surface area (Å²) >= 11 is 0. The molecule has 1 aromatic carbocycles. The van der Waals surface area contributed by atoms with Crippen LogP contribution in [-0.2, 0) is 49.9 Å². The zero-order chi connectivity index (χ0) is 34.6. The van der Waals surface area contributed by atoms with Crippen LogP contribution < -0.4 is 15.5 Å². The third-order valence-electron chi connectivity index (χ3n) is 7.78. The van der Waals surface area contributed by atoms with Crippen molar-refractivity contribution in [3.05, 3.63) is 64.0 Å². The molecule has 47 heavy (non-hydrogen) atoms. The molecule has 1 fully saturated rings. The Labute approximate surface area is 263 Å². The van der Waals surface area contributed by atoms with Crippen LogP contribution in [0.1, 0.15) is 66.1 Å². The first kappa shape index (κ1) is 35.9. The van der Waals surface area contributed by atoms with Crippen LogP contribution in [0.5, 0.6) is 0 Å². The van der Waals surface area contributed by atoms with Crippen molar-refractivity contribution in [2.24, 2.45) is 13.0 Å². The van der Waals surface area contributed by atoms with Gasteiger partial charge >= 0.3 is 18.5 Å². The average molecular weight is 681 g/mol. The molecule has 1 aliphatic carbocycles. The number of carbonyl (C=O) groups is 1. The number of halogens is 9. The van der Waals surface area contributed by atoms with Gasteiger partial charge in [-0.2, -0.15) is 44.3 Å². The van der Waals surface area contributed by atoms with Gasteiger partial charge in [-0.25, -0.2) is 0 Å². The first-order valence-corrected chi connectivity index (χ1v) is 14.7. The van der Waals surface area contributed by atoms with Crippen molar-refractivity contribution in [2.45, 2.75) is 76.7 Å². The highest BCUT2D eigenvalue weighted by Crippen LogP contribution is 2.37. The Balaban J connectivity index is 1.56. The van der Waals surface area contributed by atoms with Gasteiger partial charge < -0.3 is 15.5 Å². The predicted octanol–water partition coefficient (Wildman–Crippen LogP) is 5.70. The number of hydrogen-bond acceptors (Lipinski definition) is 7. The van der Waals surface area contributed by atoms with E-state index in [0.29, 0.717) is 37.3 Å². The molecule has 4 rings (SSSR count). The van der Waals surface area contributed by atoms with E-state index in [2.05, 4.69) is 31.0 Å². The highest BCUT2D eigenvalue weighted by Gasteiger charge is 2.37. The van der Waals surface area contributed by atoms with Crippen molar-refractivity contribution in [3.8, 4) is 0 Å². The van der Waals surface area contributed by atoms with E-state index in [0.717, 1.165) is 41.4 Å². The molecule has 3 aromatic rings. The van der Waals surface area contributed by atoms with E-state index in [9.17, 15) is 44.3 Å². The van der Waals surface area contributed by atoms with Gasteiger partial charge in [0.15, 0.2) is 0 Å². The molecule has 0 unspecified atom stereocenters. The largest absolute Gasteiger partial charge is 0.417 e. The lowest BCUT2D eigenvalue weighted by atomic mass is 9.86. The molecular formula is C29H33F9N8O. The normalized spacial score (nSPS) is 17.5. The summed E-state index contributed by atoms with van der Waals surface area (Å²) in [4.78, 5) is 17.5. The summed E-state index contributed by atoms with van der Waals surface area (Å²) < 4.78 is 122. The van der Waals surface area contributed by atoms with Gasteiger partial charge in [0.05, 0.1) is 23.7 Å². The summed E-state index contributed by atoms with van der Waals surface area (Å²) in [5.74, 6) is 0.0306. The molecule has 0 atom stereocenters. The maximum absolute atomic E-state index is 13.7. The number of hydrogen-bond donors (Lipinski definition) is 2. The zero-order valence-electron chi connectivity index (χ0n) is 25.4. The van der Waals surface area contributed by atoms with Gasteiger partial charge in [-0.1, -0.05) is 5.10 Å². The number of nitrogens with zero attached hydrogens (tertiary/aromatic N) is 6. The van der Waals surface area contributed by atoms with Crippen molar-refractivity contribution in [1.82, 2.24) is 35.8 Å². The van der Waals surface area contributed by atoms with Gasteiger partial charge in [-0.05, 0) is 78.8 Å². The molecule has 2 heterocycles. The molecule has 1 amide bonds. The van der Waals surface area contributed by atoms with Gasteiger partial charge in [0.1, 0.15) is 0 Å². The van der Waals surface area contributed by atoms with Crippen LogP contribution in [0.3, 0.4) is 0 Å². The van der Waals surface area contributed by atoms with Gasteiger partial charge in [-0.3, -0.25) is 9.78 Å². The van der Waals surface area contributed by atoms with Gasteiger partial charge in [0, 0.05) is 50.9 Å². The molecule has 0 saturated heterocycles. The summed E-state index contributed by atoms with van der Waals surface area (Å²) in [6.45, 7) is 1.39. The van der Waals surface area contributed by atoms with Crippen LogP contribution in [0.4, 0.5) is 45.5 Å². The third kappa shape index (κ3) is 10.3. The fraction of sp³-hybridized carbons (Fsp3) is 0.552. The minimum absolute atomic E-state index is 0.00901. The van der Waals surface area contributed by atoms with Crippen LogP contribution in [0, 0.1) is 5.92 Å². The molecule has 0 radical (unpaired) electrons. The lowest BCUT2D eigenvalue weighted by Crippen LogP contribution is -2.38. The van der Waals surface area contributed by atoms with Crippen LogP contribution in [-0.4, -0.2) is 50.2 Å². The molecule has 18 heteroatoms. The average Bonchev–Trinajstić information content (AvgIpc) is 3.40. The standard InChI is InChI=1S/C29H33F9N8O/c1-17(47)41-24-5-3-18(4-6-24)13-39-8-7-25-20(11-23(14-40-25)29(36,37)38)16-46(26-42-44-45(2)43-26)15-19-9-21(27(30,31)32)12-22(10-19)28(33,34)35/h9-12,14,18,24,39H,3-8,13,15-16H2,1-2H3,(H,41,47). The lowest BCUT2D eigenvalue weighted by molar-refractivity contribution is -0.143. The fourth-order valence-electron chi connectivity index (χ4n) is 5.50. The highest BCUT2D eigenvalue weighted by atomic mass is 19.4. The smallest absolute Gasteiger partial charge is 0.354 e. The Morgan fingerprint density at radius 3 is 2.04 bits per heavy atom. The Morgan fingerprint density at radius 2 is 1.51 bits per heavy atom. The molecule has 2 N–H and O–H groups in total. The molecule has 258 valence electrons. The second kappa shape index (κ2) is 14.4. The fourth-order valence-corrected chi connectivity index (χ4v) is 5.50. The van der Waals surface area contributed by atoms with Crippen LogP contribution in [0.25, 0.3) is 0 Å². The number of rotatable bonds is 11. The quantitative estimate of drug-likeness (QED) is 0.198. The summed E-state index contributed by atoms with van der Waals surface area (Å²) in [6, 6.07) is 2.05. The Morgan fingerprint density at radius 1 is 0.894 bits per heavy atom.